The summed E-state index contributed by atoms with van der Waals surface area (Å²) in [6, 6.07) is 0. The Labute approximate surface area is 139 Å². The molecule has 25 heavy (non-hydrogen) atoms. The van der Waals surface area contributed by atoms with Crippen LogP contribution in [0.2, 0.25) is 0 Å². The zero-order valence-electron chi connectivity index (χ0n) is 12.8. The molecule has 0 aromatic carbocycles. The fourth-order valence-electron chi connectivity index (χ4n) is 2.67. The highest BCUT2D eigenvalue weighted by Gasteiger charge is 2.46. The van der Waals surface area contributed by atoms with Crippen molar-refractivity contribution >= 4 is 24.9 Å². The molecule has 0 amide bonds. The Morgan fingerprint density at radius 3 is 2.88 bits per heavy atom. The van der Waals surface area contributed by atoms with Gasteiger partial charge < -0.3 is 30.1 Å². The van der Waals surface area contributed by atoms with Crippen LogP contribution in [0.5, 0.6) is 0 Å². The number of nitrogen functional groups attached to an aromatic ring is 1. The Morgan fingerprint density at radius 2 is 2.24 bits per heavy atom. The number of aliphatic hydroxyl groups is 1. The molecule has 3 rings (SSSR count). The molecule has 1 fully saturated rings. The number of methoxy groups -OCH3 is 1. The summed E-state index contributed by atoms with van der Waals surface area (Å²) in [5.74, 6) is -0.142. The predicted molar refractivity (Wildman–Crippen MR) is 81.3 cm³/mol. The summed E-state index contributed by atoms with van der Waals surface area (Å²) in [6.45, 7) is -0.515. The number of ether oxygens (including phenoxy) is 2. The van der Waals surface area contributed by atoms with Crippen molar-refractivity contribution in [3.8, 4) is 0 Å². The van der Waals surface area contributed by atoms with Crippen LogP contribution in [-0.2, 0) is 18.6 Å². The number of phosphoric ester groups is 1. The first-order chi connectivity index (χ1) is 11.7. The van der Waals surface area contributed by atoms with E-state index in [1.165, 1.54) is 18.0 Å². The number of H-pyrrole nitrogens is 1. The molecule has 2 unspecified atom stereocenters. The second kappa shape index (κ2) is 6.46. The maximum atomic E-state index is 11.8. The largest absolute Gasteiger partial charge is 0.469 e. The summed E-state index contributed by atoms with van der Waals surface area (Å²) < 4.78 is 27.3. The van der Waals surface area contributed by atoms with Gasteiger partial charge in [0.15, 0.2) is 17.4 Å². The third-order valence-corrected chi connectivity index (χ3v) is 4.20. The molecule has 0 aliphatic carbocycles. The average molecular weight is 377 g/mol. The molecule has 4 atom stereocenters. The minimum absolute atomic E-state index is 0.00566. The fraction of sp³-hybridized carbons (Fsp3) is 0.545. The van der Waals surface area contributed by atoms with Crippen LogP contribution in [0.4, 0.5) is 5.95 Å². The van der Waals surface area contributed by atoms with Gasteiger partial charge in [-0.2, -0.15) is 4.98 Å². The van der Waals surface area contributed by atoms with Gasteiger partial charge in [-0.3, -0.25) is 18.9 Å². The summed E-state index contributed by atoms with van der Waals surface area (Å²) in [7, 11) is -3.41. The Kier molecular flexibility index (Phi) is 4.64. The van der Waals surface area contributed by atoms with Crippen molar-refractivity contribution in [2.45, 2.75) is 24.5 Å². The zero-order valence-corrected chi connectivity index (χ0v) is 13.7. The first kappa shape index (κ1) is 17.9. The molecule has 0 spiro atoms. The molecule has 6 N–H and O–H groups in total. The van der Waals surface area contributed by atoms with Crippen LogP contribution in [0, 0.1) is 0 Å². The van der Waals surface area contributed by atoms with Crippen LogP contribution in [-0.4, -0.2) is 66.4 Å². The number of rotatable bonds is 5. The second-order valence-electron chi connectivity index (χ2n) is 5.32. The molecular weight excluding hydrogens is 361 g/mol. The maximum Gasteiger partial charge on any atom is 0.469 e. The number of imidazole rings is 1. The highest BCUT2D eigenvalue weighted by molar-refractivity contribution is 7.46. The molecule has 0 radical (unpaired) electrons. The minimum atomic E-state index is -4.72. The lowest BCUT2D eigenvalue weighted by Gasteiger charge is -2.18. The third kappa shape index (κ3) is 3.43. The number of hydrogen-bond donors (Lipinski definition) is 5. The van der Waals surface area contributed by atoms with Gasteiger partial charge in [0, 0.05) is 7.11 Å². The van der Waals surface area contributed by atoms with E-state index < -0.39 is 44.5 Å². The zero-order chi connectivity index (χ0) is 18.4. The van der Waals surface area contributed by atoms with Crippen molar-refractivity contribution in [3.05, 3.63) is 16.7 Å². The molecule has 14 heteroatoms. The number of aliphatic hydroxyl groups excluding tert-OH is 1. The van der Waals surface area contributed by atoms with Gasteiger partial charge in [0.25, 0.3) is 5.56 Å². The van der Waals surface area contributed by atoms with Gasteiger partial charge in [0.2, 0.25) is 5.95 Å². The molecule has 138 valence electrons. The van der Waals surface area contributed by atoms with Gasteiger partial charge in [0.05, 0.1) is 12.9 Å². The van der Waals surface area contributed by atoms with E-state index in [2.05, 4.69) is 19.5 Å². The third-order valence-electron chi connectivity index (χ3n) is 3.71. The lowest BCUT2D eigenvalue weighted by Crippen LogP contribution is -2.35. The van der Waals surface area contributed by atoms with Crippen LogP contribution in [0.3, 0.4) is 0 Å². The predicted octanol–water partition coefficient (Wildman–Crippen LogP) is -1.92. The molecule has 1 aliphatic rings. The van der Waals surface area contributed by atoms with Gasteiger partial charge in [-0.15, -0.1) is 0 Å². The van der Waals surface area contributed by atoms with Crippen molar-refractivity contribution in [2.24, 2.45) is 0 Å². The highest BCUT2D eigenvalue weighted by Crippen LogP contribution is 2.39. The summed E-state index contributed by atoms with van der Waals surface area (Å²) >= 11 is 0. The van der Waals surface area contributed by atoms with E-state index in [0.29, 0.717) is 0 Å². The monoisotopic (exact) mass is 377 g/mol. The number of aromatic amines is 1. The first-order valence-corrected chi connectivity index (χ1v) is 8.53. The molecule has 0 bridgehead atoms. The molecule has 2 aromatic rings. The second-order valence-corrected chi connectivity index (χ2v) is 6.56. The fourth-order valence-corrected chi connectivity index (χ4v) is 3.02. The summed E-state index contributed by atoms with van der Waals surface area (Å²) in [5, 5.41) is 10.4. The molecule has 2 aromatic heterocycles. The van der Waals surface area contributed by atoms with Crippen LogP contribution < -0.4 is 11.3 Å². The Bertz CT molecular complexity index is 877. The summed E-state index contributed by atoms with van der Waals surface area (Å²) in [5.41, 5.74) is 5.04. The van der Waals surface area contributed by atoms with E-state index in [4.69, 9.17) is 25.0 Å². The molecule has 1 saturated heterocycles. The van der Waals surface area contributed by atoms with Gasteiger partial charge >= 0.3 is 7.82 Å². The quantitative estimate of drug-likeness (QED) is 0.364. The molecule has 13 nitrogen and oxygen atoms in total. The first-order valence-electron chi connectivity index (χ1n) is 7.00. The van der Waals surface area contributed by atoms with Gasteiger partial charge in [-0.25, -0.2) is 9.55 Å². The van der Waals surface area contributed by atoms with Gasteiger partial charge in [-0.1, -0.05) is 0 Å². The van der Waals surface area contributed by atoms with Crippen molar-refractivity contribution < 1.29 is 33.5 Å². The van der Waals surface area contributed by atoms with Gasteiger partial charge in [0.1, 0.15) is 18.3 Å². The number of nitrogens with two attached hydrogens (primary N) is 1. The topological polar surface area (TPSA) is 195 Å². The maximum absolute atomic E-state index is 11.8. The van der Waals surface area contributed by atoms with Crippen LogP contribution in [0.15, 0.2) is 11.1 Å². The lowest BCUT2D eigenvalue weighted by molar-refractivity contribution is -0.0527. The van der Waals surface area contributed by atoms with E-state index in [0.717, 1.165) is 0 Å². The summed E-state index contributed by atoms with van der Waals surface area (Å²) in [4.78, 5) is 39.6. The van der Waals surface area contributed by atoms with Crippen molar-refractivity contribution in [1.29, 1.82) is 0 Å². The standard InChI is InChI=1S/C11H16N5O8P/c1-22-7-4(2-23-25(19,20)21)24-10(6(7)17)16-3-13-5-8(16)14-11(12)15-9(5)18/h3-4,6-7,10,17H,2H2,1H3,(H2,19,20,21)(H3,12,14,15,18)/t4-,6?,7?,10-/m0/s1. The molecular formula is C11H16N5O8P. The molecule has 0 saturated carbocycles. The van der Waals surface area contributed by atoms with E-state index in [9.17, 15) is 14.5 Å². The van der Waals surface area contributed by atoms with Crippen LogP contribution in [0.1, 0.15) is 6.23 Å². The number of fused-ring (bicyclic) bond motifs is 1. The van der Waals surface area contributed by atoms with Crippen LogP contribution in [0.25, 0.3) is 11.2 Å². The number of aromatic nitrogens is 4. The number of hydrogen-bond acceptors (Lipinski definition) is 9. The molecule has 1 aliphatic heterocycles. The normalized spacial score (nSPS) is 27.2. The van der Waals surface area contributed by atoms with Crippen molar-refractivity contribution in [3.63, 3.8) is 0 Å². The van der Waals surface area contributed by atoms with E-state index >= 15 is 0 Å². The number of nitrogens with one attached hydrogen (secondary N) is 1. The number of anilines is 1. The SMILES string of the molecule is COC1C(O)[C@@H](n2cnc3c(=O)[nH]c(N)nc32)O[C@H]1COP(=O)(O)O. The summed E-state index contributed by atoms with van der Waals surface area (Å²) in [6.07, 6.45) is -2.99. The van der Waals surface area contributed by atoms with Crippen LogP contribution >= 0.6 is 7.82 Å². The lowest BCUT2D eigenvalue weighted by atomic mass is 10.1. The van der Waals surface area contributed by atoms with Crippen molar-refractivity contribution in [2.75, 3.05) is 19.5 Å². The highest BCUT2D eigenvalue weighted by atomic mass is 31.2. The smallest absolute Gasteiger partial charge is 0.386 e. The van der Waals surface area contributed by atoms with Gasteiger partial charge in [-0.05, 0) is 0 Å². The number of phosphoric acid groups is 1. The Balaban J connectivity index is 1.93. The molecule has 3 heterocycles. The minimum Gasteiger partial charge on any atom is -0.386 e. The number of nitrogens with zero attached hydrogens (tertiary/aromatic N) is 3. The Hall–Kier alpha value is -1.86. The van der Waals surface area contributed by atoms with E-state index in [-0.39, 0.29) is 17.1 Å². The average Bonchev–Trinajstić information content (AvgIpc) is 3.05. The Morgan fingerprint density at radius 1 is 1.52 bits per heavy atom. The van der Waals surface area contributed by atoms with Crippen molar-refractivity contribution in [1.82, 2.24) is 19.5 Å². The van der Waals surface area contributed by atoms with E-state index in [1.807, 2.05) is 0 Å². The van der Waals surface area contributed by atoms with E-state index in [1.54, 1.807) is 0 Å².